The summed E-state index contributed by atoms with van der Waals surface area (Å²) in [5, 5.41) is 3.56. The van der Waals surface area contributed by atoms with Crippen LogP contribution in [0.2, 0.25) is 0 Å². The van der Waals surface area contributed by atoms with Crippen LogP contribution in [-0.2, 0) is 9.53 Å². The van der Waals surface area contributed by atoms with Crippen molar-refractivity contribution < 1.29 is 9.53 Å². The number of hydrogen-bond donors (Lipinski definition) is 2. The zero-order valence-electron chi connectivity index (χ0n) is 11.5. The average Bonchev–Trinajstić information content (AvgIpc) is 2.90. The van der Waals surface area contributed by atoms with Crippen LogP contribution >= 0.6 is 23.7 Å². The fourth-order valence-electron chi connectivity index (χ4n) is 2.44. The van der Waals surface area contributed by atoms with E-state index in [2.05, 4.69) is 10.3 Å². The van der Waals surface area contributed by atoms with Crippen molar-refractivity contribution in [3.05, 3.63) is 24.3 Å². The molecule has 0 aliphatic carbocycles. The van der Waals surface area contributed by atoms with Crippen LogP contribution in [0.5, 0.6) is 0 Å². The van der Waals surface area contributed by atoms with Crippen LogP contribution in [0.1, 0.15) is 12.8 Å². The van der Waals surface area contributed by atoms with E-state index < -0.39 is 5.41 Å². The monoisotopic (exact) mass is 327 g/mol. The summed E-state index contributed by atoms with van der Waals surface area (Å²) in [5.41, 5.74) is 6.22. The molecular formula is C14H18ClN3O2S. The van der Waals surface area contributed by atoms with E-state index in [1.165, 1.54) is 11.3 Å². The number of nitrogens with two attached hydrogens (primary N) is 1. The maximum absolute atomic E-state index is 12.5. The minimum atomic E-state index is -0.518. The Morgan fingerprint density at radius 2 is 2.10 bits per heavy atom. The van der Waals surface area contributed by atoms with Crippen molar-refractivity contribution in [2.75, 3.05) is 25.1 Å². The summed E-state index contributed by atoms with van der Waals surface area (Å²) < 4.78 is 6.39. The summed E-state index contributed by atoms with van der Waals surface area (Å²) in [7, 11) is 0. The second-order valence-corrected chi connectivity index (χ2v) is 6.07. The predicted molar refractivity (Wildman–Crippen MR) is 87.0 cm³/mol. The van der Waals surface area contributed by atoms with Crippen molar-refractivity contribution >= 4 is 45.0 Å². The SMILES string of the molecule is Cl.NCC1(C(=O)Nc2nc3ccccc3s2)CCOCC1. The molecular weight excluding hydrogens is 310 g/mol. The second-order valence-electron chi connectivity index (χ2n) is 5.04. The van der Waals surface area contributed by atoms with Crippen molar-refractivity contribution in [3.63, 3.8) is 0 Å². The number of ether oxygens (including phenoxy) is 1. The normalized spacial score (nSPS) is 17.2. The number of amides is 1. The molecule has 0 saturated carbocycles. The molecule has 0 atom stereocenters. The topological polar surface area (TPSA) is 77.2 Å². The Labute approximate surface area is 133 Å². The molecule has 1 aliphatic rings. The zero-order chi connectivity index (χ0) is 14.0. The first kappa shape index (κ1) is 16.2. The molecule has 114 valence electrons. The van der Waals surface area contributed by atoms with Gasteiger partial charge in [0.1, 0.15) is 0 Å². The Balaban J connectivity index is 0.00000161. The van der Waals surface area contributed by atoms with Crippen LogP contribution in [0, 0.1) is 5.41 Å². The number of carbonyl (C=O) groups is 1. The number of halogens is 1. The molecule has 1 saturated heterocycles. The highest BCUT2D eigenvalue weighted by molar-refractivity contribution is 7.22. The van der Waals surface area contributed by atoms with Crippen LogP contribution in [0.3, 0.4) is 0 Å². The maximum atomic E-state index is 12.5. The molecule has 7 heteroatoms. The number of thiazole rings is 1. The third kappa shape index (κ3) is 3.18. The highest BCUT2D eigenvalue weighted by Gasteiger charge is 2.39. The third-order valence-electron chi connectivity index (χ3n) is 3.84. The zero-order valence-corrected chi connectivity index (χ0v) is 13.1. The maximum Gasteiger partial charge on any atom is 0.233 e. The molecule has 5 nitrogen and oxygen atoms in total. The largest absolute Gasteiger partial charge is 0.381 e. The minimum Gasteiger partial charge on any atom is -0.381 e. The van der Waals surface area contributed by atoms with E-state index in [9.17, 15) is 4.79 Å². The smallest absolute Gasteiger partial charge is 0.233 e. The lowest BCUT2D eigenvalue weighted by Gasteiger charge is -2.34. The van der Waals surface area contributed by atoms with Crippen LogP contribution in [0.25, 0.3) is 10.2 Å². The van der Waals surface area contributed by atoms with Crippen LogP contribution in [-0.4, -0.2) is 30.6 Å². The van der Waals surface area contributed by atoms with E-state index >= 15 is 0 Å². The van der Waals surface area contributed by atoms with Gasteiger partial charge in [0, 0.05) is 19.8 Å². The van der Waals surface area contributed by atoms with Gasteiger partial charge in [-0.2, -0.15) is 0 Å². The summed E-state index contributed by atoms with van der Waals surface area (Å²) in [6.07, 6.45) is 1.33. The van der Waals surface area contributed by atoms with E-state index in [-0.39, 0.29) is 18.3 Å². The lowest BCUT2D eigenvalue weighted by atomic mass is 9.79. The number of anilines is 1. The highest BCUT2D eigenvalue weighted by Crippen LogP contribution is 2.32. The molecule has 21 heavy (non-hydrogen) atoms. The van der Waals surface area contributed by atoms with Crippen molar-refractivity contribution in [2.45, 2.75) is 12.8 Å². The van der Waals surface area contributed by atoms with Crippen molar-refractivity contribution in [1.82, 2.24) is 4.98 Å². The third-order valence-corrected chi connectivity index (χ3v) is 4.79. The summed E-state index contributed by atoms with van der Waals surface area (Å²) >= 11 is 1.48. The molecule has 1 aromatic carbocycles. The lowest BCUT2D eigenvalue weighted by Crippen LogP contribution is -2.46. The van der Waals surface area contributed by atoms with Crippen LogP contribution in [0.15, 0.2) is 24.3 Å². The average molecular weight is 328 g/mol. The summed E-state index contributed by atoms with van der Waals surface area (Å²) in [5.74, 6) is -0.0395. The van der Waals surface area contributed by atoms with Crippen molar-refractivity contribution in [3.8, 4) is 0 Å². The Hall–Kier alpha value is -1.21. The van der Waals surface area contributed by atoms with Gasteiger partial charge in [0.2, 0.25) is 5.91 Å². The molecule has 0 bridgehead atoms. The number of aromatic nitrogens is 1. The quantitative estimate of drug-likeness (QED) is 0.907. The fourth-order valence-corrected chi connectivity index (χ4v) is 3.30. The number of rotatable bonds is 3. The minimum absolute atomic E-state index is 0. The number of para-hydroxylation sites is 1. The van der Waals surface area contributed by atoms with Gasteiger partial charge in [0.25, 0.3) is 0 Å². The molecule has 1 fully saturated rings. The predicted octanol–water partition coefficient (Wildman–Crippen LogP) is 2.41. The van der Waals surface area contributed by atoms with Crippen LogP contribution < -0.4 is 11.1 Å². The molecule has 1 aliphatic heterocycles. The van der Waals surface area contributed by atoms with Gasteiger partial charge in [-0.15, -0.1) is 12.4 Å². The van der Waals surface area contributed by atoms with Gasteiger partial charge in [-0.3, -0.25) is 4.79 Å². The second kappa shape index (κ2) is 6.70. The number of benzene rings is 1. The van der Waals surface area contributed by atoms with Crippen LogP contribution in [0.4, 0.5) is 5.13 Å². The number of hydrogen-bond acceptors (Lipinski definition) is 5. The molecule has 2 heterocycles. The van der Waals surface area contributed by atoms with E-state index in [4.69, 9.17) is 10.5 Å². The van der Waals surface area contributed by atoms with Crippen molar-refractivity contribution in [1.29, 1.82) is 0 Å². The molecule has 0 unspecified atom stereocenters. The Bertz CT molecular complexity index is 592. The Morgan fingerprint density at radius 3 is 2.76 bits per heavy atom. The van der Waals surface area contributed by atoms with Crippen molar-refractivity contribution in [2.24, 2.45) is 11.1 Å². The number of fused-ring (bicyclic) bond motifs is 1. The standard InChI is InChI=1S/C14H17N3O2S.ClH/c15-9-14(5-7-19-8-6-14)12(18)17-13-16-10-3-1-2-4-11(10)20-13;/h1-4H,5-9,15H2,(H,16,17,18);1H. The van der Waals surface area contributed by atoms with E-state index in [1.54, 1.807) is 0 Å². The molecule has 1 aromatic heterocycles. The van der Waals surface area contributed by atoms with Gasteiger partial charge in [0.15, 0.2) is 5.13 Å². The molecule has 2 aromatic rings. The fraction of sp³-hybridized carbons (Fsp3) is 0.429. The Kier molecular flexibility index (Phi) is 5.16. The first-order valence-electron chi connectivity index (χ1n) is 6.68. The molecule has 0 spiro atoms. The summed E-state index contributed by atoms with van der Waals surface area (Å²) in [6, 6.07) is 7.84. The number of carbonyl (C=O) groups excluding carboxylic acids is 1. The first-order chi connectivity index (χ1) is 9.73. The summed E-state index contributed by atoms with van der Waals surface area (Å²) in [6.45, 7) is 1.52. The van der Waals surface area contributed by atoms with Gasteiger partial charge in [-0.05, 0) is 25.0 Å². The van der Waals surface area contributed by atoms with Gasteiger partial charge >= 0.3 is 0 Å². The Morgan fingerprint density at radius 1 is 1.38 bits per heavy atom. The van der Waals surface area contributed by atoms with Gasteiger partial charge in [-0.1, -0.05) is 23.5 Å². The number of nitrogens with one attached hydrogen (secondary N) is 1. The lowest BCUT2D eigenvalue weighted by molar-refractivity contribution is -0.130. The molecule has 0 radical (unpaired) electrons. The number of nitrogens with zero attached hydrogens (tertiary/aromatic N) is 1. The summed E-state index contributed by atoms with van der Waals surface area (Å²) in [4.78, 5) is 16.9. The molecule has 3 N–H and O–H groups in total. The van der Waals surface area contributed by atoms with Gasteiger partial charge < -0.3 is 15.8 Å². The molecule has 1 amide bonds. The van der Waals surface area contributed by atoms with Gasteiger partial charge in [-0.25, -0.2) is 4.98 Å². The van der Waals surface area contributed by atoms with E-state index in [0.29, 0.717) is 37.7 Å². The highest BCUT2D eigenvalue weighted by atomic mass is 35.5. The first-order valence-corrected chi connectivity index (χ1v) is 7.50. The molecule has 3 rings (SSSR count). The van der Waals surface area contributed by atoms with E-state index in [1.807, 2.05) is 24.3 Å². The van der Waals surface area contributed by atoms with Gasteiger partial charge in [0.05, 0.1) is 15.6 Å². The van der Waals surface area contributed by atoms with E-state index in [0.717, 1.165) is 10.2 Å².